The summed E-state index contributed by atoms with van der Waals surface area (Å²) < 4.78 is 5.38. The highest BCUT2D eigenvalue weighted by Crippen LogP contribution is 2.26. The van der Waals surface area contributed by atoms with Gasteiger partial charge < -0.3 is 20.3 Å². The molecular formula is C22H27N3O3. The number of likely N-dealkylation sites (tertiary alicyclic amines) is 1. The Morgan fingerprint density at radius 2 is 1.61 bits per heavy atom. The van der Waals surface area contributed by atoms with E-state index in [2.05, 4.69) is 0 Å². The van der Waals surface area contributed by atoms with Gasteiger partial charge in [-0.2, -0.15) is 0 Å². The molecule has 0 saturated carbocycles. The predicted octanol–water partition coefficient (Wildman–Crippen LogP) is 3.17. The minimum Gasteiger partial charge on any atom is -0.445 e. The fourth-order valence-electron chi connectivity index (χ4n) is 3.43. The van der Waals surface area contributed by atoms with Crippen LogP contribution >= 0.6 is 0 Å². The van der Waals surface area contributed by atoms with Crippen LogP contribution in [0.2, 0.25) is 0 Å². The van der Waals surface area contributed by atoms with E-state index in [0.717, 1.165) is 11.3 Å². The molecule has 0 spiro atoms. The van der Waals surface area contributed by atoms with Crippen LogP contribution in [0.25, 0.3) is 0 Å². The van der Waals surface area contributed by atoms with E-state index in [1.165, 1.54) is 0 Å². The fourth-order valence-corrected chi connectivity index (χ4v) is 3.43. The van der Waals surface area contributed by atoms with Crippen LogP contribution in [-0.4, -0.2) is 42.1 Å². The summed E-state index contributed by atoms with van der Waals surface area (Å²) in [7, 11) is 0. The number of para-hydroxylation sites is 1. The van der Waals surface area contributed by atoms with Gasteiger partial charge in [-0.05, 0) is 37.5 Å². The number of rotatable bonds is 5. The Bertz CT molecular complexity index is 787. The van der Waals surface area contributed by atoms with Gasteiger partial charge in [-0.1, -0.05) is 48.5 Å². The molecule has 2 aromatic carbocycles. The second kappa shape index (κ2) is 8.89. The van der Waals surface area contributed by atoms with Crippen LogP contribution in [-0.2, 0) is 16.1 Å². The third-order valence-corrected chi connectivity index (χ3v) is 5.17. The van der Waals surface area contributed by atoms with Crippen molar-refractivity contribution in [1.29, 1.82) is 0 Å². The number of amides is 2. The van der Waals surface area contributed by atoms with Crippen LogP contribution in [0.3, 0.4) is 0 Å². The average molecular weight is 381 g/mol. The second-order valence-electron chi connectivity index (χ2n) is 7.07. The van der Waals surface area contributed by atoms with Gasteiger partial charge in [-0.3, -0.25) is 4.79 Å². The van der Waals surface area contributed by atoms with Crippen molar-refractivity contribution in [2.24, 2.45) is 5.73 Å². The van der Waals surface area contributed by atoms with Crippen LogP contribution in [0, 0.1) is 0 Å². The first-order valence-corrected chi connectivity index (χ1v) is 9.65. The van der Waals surface area contributed by atoms with E-state index < -0.39 is 5.54 Å². The molecule has 1 saturated heterocycles. The van der Waals surface area contributed by atoms with Gasteiger partial charge >= 0.3 is 6.09 Å². The topological polar surface area (TPSA) is 75.9 Å². The molecule has 1 aliphatic heterocycles. The largest absolute Gasteiger partial charge is 0.445 e. The number of ether oxygens (including phenoxy) is 1. The van der Waals surface area contributed by atoms with E-state index in [1.54, 1.807) is 9.80 Å². The Morgan fingerprint density at radius 3 is 2.18 bits per heavy atom. The minimum atomic E-state index is -0.970. The summed E-state index contributed by atoms with van der Waals surface area (Å²) in [6.07, 6.45) is 0.458. The van der Waals surface area contributed by atoms with E-state index in [-0.39, 0.29) is 18.6 Å². The smallest absolute Gasteiger partial charge is 0.410 e. The summed E-state index contributed by atoms with van der Waals surface area (Å²) >= 11 is 0. The molecule has 6 heteroatoms. The van der Waals surface area contributed by atoms with E-state index in [1.807, 2.05) is 67.6 Å². The molecule has 28 heavy (non-hydrogen) atoms. The molecule has 2 amide bonds. The summed E-state index contributed by atoms with van der Waals surface area (Å²) in [5.41, 5.74) is 7.28. The zero-order valence-electron chi connectivity index (χ0n) is 16.2. The second-order valence-corrected chi connectivity index (χ2v) is 7.07. The fraction of sp³-hybridized carbons (Fsp3) is 0.364. The molecule has 148 valence electrons. The van der Waals surface area contributed by atoms with Crippen molar-refractivity contribution in [3.05, 3.63) is 66.2 Å². The highest BCUT2D eigenvalue weighted by atomic mass is 16.6. The molecule has 1 fully saturated rings. The molecule has 1 aliphatic rings. The number of likely N-dealkylation sites (N-methyl/N-ethyl adjacent to an activating group) is 1. The summed E-state index contributed by atoms with van der Waals surface area (Å²) in [5, 5.41) is 0. The minimum absolute atomic E-state index is 0.0986. The summed E-state index contributed by atoms with van der Waals surface area (Å²) in [6, 6.07) is 19.1. The summed E-state index contributed by atoms with van der Waals surface area (Å²) in [4.78, 5) is 28.8. The van der Waals surface area contributed by atoms with Crippen LogP contribution < -0.4 is 10.6 Å². The Morgan fingerprint density at radius 1 is 1.04 bits per heavy atom. The number of anilines is 1. The molecule has 0 bridgehead atoms. The van der Waals surface area contributed by atoms with Crippen molar-refractivity contribution in [2.75, 3.05) is 24.5 Å². The molecule has 0 aromatic heterocycles. The lowest BCUT2D eigenvalue weighted by Crippen LogP contribution is -2.61. The van der Waals surface area contributed by atoms with E-state index in [4.69, 9.17) is 10.5 Å². The molecule has 0 unspecified atom stereocenters. The first-order valence-electron chi connectivity index (χ1n) is 9.65. The number of nitrogens with zero attached hydrogens (tertiary/aromatic N) is 2. The highest BCUT2D eigenvalue weighted by Gasteiger charge is 2.41. The first-order chi connectivity index (χ1) is 13.5. The normalized spacial score (nSPS) is 15.7. The molecule has 2 N–H and O–H groups in total. The third-order valence-electron chi connectivity index (χ3n) is 5.17. The number of hydrogen-bond donors (Lipinski definition) is 1. The Labute approximate surface area is 165 Å². The Hall–Kier alpha value is -2.86. The van der Waals surface area contributed by atoms with Crippen LogP contribution in [0.5, 0.6) is 0 Å². The van der Waals surface area contributed by atoms with Crippen molar-refractivity contribution >= 4 is 17.7 Å². The number of hydrogen-bond acceptors (Lipinski definition) is 4. The first kappa shape index (κ1) is 19.9. The monoisotopic (exact) mass is 381 g/mol. The zero-order chi connectivity index (χ0) is 20.0. The molecule has 0 aliphatic carbocycles. The lowest BCUT2D eigenvalue weighted by Gasteiger charge is -2.40. The number of piperidine rings is 1. The Balaban J connectivity index is 1.57. The van der Waals surface area contributed by atoms with E-state index >= 15 is 0 Å². The van der Waals surface area contributed by atoms with Gasteiger partial charge in [0.25, 0.3) is 0 Å². The lowest BCUT2D eigenvalue weighted by atomic mass is 9.87. The molecule has 3 rings (SSSR count). The highest BCUT2D eigenvalue weighted by molar-refractivity contribution is 6.00. The van der Waals surface area contributed by atoms with E-state index in [0.29, 0.717) is 32.5 Å². The maximum Gasteiger partial charge on any atom is 0.410 e. The molecule has 0 atom stereocenters. The number of carbonyl (C=O) groups is 2. The number of nitrogens with two attached hydrogens (primary N) is 1. The maximum atomic E-state index is 13.1. The van der Waals surface area contributed by atoms with Gasteiger partial charge in [-0.25, -0.2) is 4.79 Å². The quantitative estimate of drug-likeness (QED) is 0.863. The maximum absolute atomic E-state index is 13.1. The van der Waals surface area contributed by atoms with Crippen LogP contribution in [0.1, 0.15) is 25.3 Å². The summed E-state index contributed by atoms with van der Waals surface area (Å²) in [5.74, 6) is -0.0986. The van der Waals surface area contributed by atoms with Gasteiger partial charge in [0.2, 0.25) is 5.91 Å². The predicted molar refractivity (Wildman–Crippen MR) is 109 cm³/mol. The molecule has 6 nitrogen and oxygen atoms in total. The van der Waals surface area contributed by atoms with Gasteiger partial charge in [0.05, 0.1) is 5.54 Å². The SMILES string of the molecule is CCN(C(=O)C1(N)CCN(C(=O)OCc2ccccc2)CC1)c1ccccc1. The standard InChI is InChI=1S/C22H27N3O3/c1-2-25(19-11-7-4-8-12-19)20(26)22(23)13-15-24(16-14-22)21(27)28-17-18-9-5-3-6-10-18/h3-12H,2,13-17,23H2,1H3. The van der Waals surface area contributed by atoms with Gasteiger partial charge in [0, 0.05) is 25.3 Å². The third kappa shape index (κ3) is 4.51. The molecule has 0 radical (unpaired) electrons. The van der Waals surface area contributed by atoms with Crippen LogP contribution in [0.4, 0.5) is 10.5 Å². The summed E-state index contributed by atoms with van der Waals surface area (Å²) in [6.45, 7) is 3.53. The van der Waals surface area contributed by atoms with Gasteiger partial charge in [0.1, 0.15) is 6.61 Å². The van der Waals surface area contributed by atoms with Crippen molar-refractivity contribution in [2.45, 2.75) is 31.9 Å². The van der Waals surface area contributed by atoms with Gasteiger partial charge in [0.15, 0.2) is 0 Å². The molecule has 2 aromatic rings. The van der Waals surface area contributed by atoms with Crippen molar-refractivity contribution in [3.63, 3.8) is 0 Å². The van der Waals surface area contributed by atoms with Gasteiger partial charge in [-0.15, -0.1) is 0 Å². The van der Waals surface area contributed by atoms with Crippen molar-refractivity contribution < 1.29 is 14.3 Å². The zero-order valence-corrected chi connectivity index (χ0v) is 16.2. The Kier molecular flexibility index (Phi) is 6.31. The number of benzene rings is 2. The van der Waals surface area contributed by atoms with E-state index in [9.17, 15) is 9.59 Å². The molecular weight excluding hydrogens is 354 g/mol. The average Bonchev–Trinajstić information content (AvgIpc) is 2.74. The number of carbonyl (C=O) groups excluding carboxylic acids is 2. The molecule has 1 heterocycles. The van der Waals surface area contributed by atoms with Crippen molar-refractivity contribution in [3.8, 4) is 0 Å². The lowest BCUT2D eigenvalue weighted by molar-refractivity contribution is -0.125. The van der Waals surface area contributed by atoms with Crippen LogP contribution in [0.15, 0.2) is 60.7 Å². The van der Waals surface area contributed by atoms with Crippen molar-refractivity contribution in [1.82, 2.24) is 4.90 Å².